The second kappa shape index (κ2) is 5.03. The molecule has 3 heterocycles. The van der Waals surface area contributed by atoms with Crippen LogP contribution in [0.2, 0.25) is 0 Å². The number of pyridine rings is 1. The molecular formula is C14H18N4S. The van der Waals surface area contributed by atoms with Crippen molar-refractivity contribution in [3.63, 3.8) is 0 Å². The van der Waals surface area contributed by atoms with Crippen LogP contribution in [-0.2, 0) is 0 Å². The van der Waals surface area contributed by atoms with Crippen molar-refractivity contribution < 1.29 is 0 Å². The largest absolute Gasteiger partial charge is 0.349 e. The van der Waals surface area contributed by atoms with Crippen LogP contribution in [0.25, 0.3) is 0 Å². The minimum atomic E-state index is 0.550. The molecule has 0 aromatic carbocycles. The molecule has 1 fully saturated rings. The van der Waals surface area contributed by atoms with E-state index in [0.717, 1.165) is 36.1 Å². The third-order valence-corrected chi connectivity index (χ3v) is 5.07. The Hall–Kier alpha value is -1.25. The molecule has 0 bridgehead atoms. The molecule has 1 aromatic rings. The van der Waals surface area contributed by atoms with Gasteiger partial charge in [0.05, 0.1) is 16.5 Å². The second-order valence-corrected chi connectivity index (χ2v) is 6.47. The lowest BCUT2D eigenvalue weighted by molar-refractivity contribution is 0.185. The fraction of sp³-hybridized carbons (Fsp3) is 0.571. The van der Waals surface area contributed by atoms with Gasteiger partial charge in [0.2, 0.25) is 0 Å². The van der Waals surface area contributed by atoms with E-state index in [2.05, 4.69) is 34.7 Å². The topological polar surface area (TPSA) is 43.2 Å². The summed E-state index contributed by atoms with van der Waals surface area (Å²) < 4.78 is 0. The average molecular weight is 274 g/mol. The number of thioether (sulfide) groups is 1. The molecule has 2 aliphatic rings. The number of rotatable bonds is 1. The van der Waals surface area contributed by atoms with Crippen molar-refractivity contribution in [3.05, 3.63) is 17.8 Å². The standard InChI is InChI=1S/C14H18N4S/c1-10(2)17-3-4-18-12(8-17)9-19-13-5-11(6-15)7-16-14(13)18/h5,7,10,12H,3-4,8-9H2,1-2H3. The first-order valence-electron chi connectivity index (χ1n) is 6.72. The van der Waals surface area contributed by atoms with Gasteiger partial charge in [0.25, 0.3) is 0 Å². The summed E-state index contributed by atoms with van der Waals surface area (Å²) >= 11 is 1.84. The lowest BCUT2D eigenvalue weighted by atomic mass is 10.1. The monoisotopic (exact) mass is 274 g/mol. The molecule has 1 saturated heterocycles. The molecule has 0 N–H and O–H groups in total. The van der Waals surface area contributed by atoms with Crippen molar-refractivity contribution >= 4 is 17.6 Å². The molecule has 19 heavy (non-hydrogen) atoms. The fourth-order valence-electron chi connectivity index (χ4n) is 2.78. The molecule has 0 spiro atoms. The van der Waals surface area contributed by atoms with Gasteiger partial charge in [-0.2, -0.15) is 5.26 Å². The fourth-order valence-corrected chi connectivity index (χ4v) is 3.94. The highest BCUT2D eigenvalue weighted by Gasteiger charge is 2.33. The second-order valence-electron chi connectivity index (χ2n) is 5.40. The quantitative estimate of drug-likeness (QED) is 0.783. The maximum Gasteiger partial charge on any atom is 0.142 e. The molecule has 1 unspecified atom stereocenters. The van der Waals surface area contributed by atoms with Gasteiger partial charge in [0.1, 0.15) is 11.9 Å². The SMILES string of the molecule is CC(C)N1CCN2c3ncc(C#N)cc3SCC2C1. The van der Waals surface area contributed by atoms with Crippen LogP contribution in [0.1, 0.15) is 19.4 Å². The number of piperazine rings is 1. The number of fused-ring (bicyclic) bond motifs is 3. The molecular weight excluding hydrogens is 256 g/mol. The Morgan fingerprint density at radius 1 is 1.47 bits per heavy atom. The summed E-state index contributed by atoms with van der Waals surface area (Å²) in [6.45, 7) is 7.77. The van der Waals surface area contributed by atoms with E-state index in [9.17, 15) is 0 Å². The highest BCUT2D eigenvalue weighted by Crippen LogP contribution is 2.37. The van der Waals surface area contributed by atoms with Crippen LogP contribution in [0.15, 0.2) is 17.2 Å². The van der Waals surface area contributed by atoms with Gasteiger partial charge in [0, 0.05) is 37.6 Å². The smallest absolute Gasteiger partial charge is 0.142 e. The van der Waals surface area contributed by atoms with Crippen LogP contribution in [0.3, 0.4) is 0 Å². The zero-order valence-corrected chi connectivity index (χ0v) is 12.2. The third kappa shape index (κ3) is 2.31. The molecule has 1 atom stereocenters. The third-order valence-electron chi connectivity index (χ3n) is 3.91. The van der Waals surface area contributed by atoms with E-state index < -0.39 is 0 Å². The van der Waals surface area contributed by atoms with Gasteiger partial charge in [-0.05, 0) is 19.9 Å². The Labute approximate surface area is 118 Å². The number of hydrogen-bond acceptors (Lipinski definition) is 5. The Kier molecular flexibility index (Phi) is 3.38. The van der Waals surface area contributed by atoms with Gasteiger partial charge in [-0.25, -0.2) is 4.98 Å². The van der Waals surface area contributed by atoms with Crippen molar-refractivity contribution in [1.29, 1.82) is 5.26 Å². The van der Waals surface area contributed by atoms with Crippen molar-refractivity contribution in [2.75, 3.05) is 30.3 Å². The predicted octanol–water partition coefficient (Wildman–Crippen LogP) is 1.96. The Morgan fingerprint density at radius 2 is 2.32 bits per heavy atom. The van der Waals surface area contributed by atoms with Gasteiger partial charge in [-0.1, -0.05) is 0 Å². The van der Waals surface area contributed by atoms with E-state index in [1.54, 1.807) is 6.20 Å². The average Bonchev–Trinajstić information content (AvgIpc) is 2.45. The zero-order chi connectivity index (χ0) is 13.4. The number of nitrogens with zero attached hydrogens (tertiary/aromatic N) is 4. The maximum absolute atomic E-state index is 8.95. The van der Waals surface area contributed by atoms with E-state index in [0.29, 0.717) is 17.6 Å². The molecule has 0 amide bonds. The summed E-state index contributed by atoms with van der Waals surface area (Å²) in [4.78, 5) is 10.6. The molecule has 100 valence electrons. The van der Waals surface area contributed by atoms with E-state index in [4.69, 9.17) is 5.26 Å². The highest BCUT2D eigenvalue weighted by molar-refractivity contribution is 7.99. The zero-order valence-electron chi connectivity index (χ0n) is 11.3. The van der Waals surface area contributed by atoms with Crippen LogP contribution >= 0.6 is 11.8 Å². The summed E-state index contributed by atoms with van der Waals surface area (Å²) in [5.41, 5.74) is 0.658. The van der Waals surface area contributed by atoms with Crippen molar-refractivity contribution in [3.8, 4) is 6.07 Å². The van der Waals surface area contributed by atoms with Gasteiger partial charge in [-0.3, -0.25) is 4.90 Å². The van der Waals surface area contributed by atoms with Crippen LogP contribution in [0, 0.1) is 11.3 Å². The van der Waals surface area contributed by atoms with Crippen LogP contribution in [0.4, 0.5) is 5.82 Å². The van der Waals surface area contributed by atoms with Crippen LogP contribution < -0.4 is 4.90 Å². The molecule has 5 heteroatoms. The lowest BCUT2D eigenvalue weighted by Gasteiger charge is -2.46. The van der Waals surface area contributed by atoms with Gasteiger partial charge in [0.15, 0.2) is 0 Å². The number of nitriles is 1. The van der Waals surface area contributed by atoms with E-state index in [-0.39, 0.29) is 0 Å². The maximum atomic E-state index is 8.95. The van der Waals surface area contributed by atoms with E-state index >= 15 is 0 Å². The Morgan fingerprint density at radius 3 is 3.05 bits per heavy atom. The van der Waals surface area contributed by atoms with Crippen LogP contribution in [0.5, 0.6) is 0 Å². The molecule has 1 aromatic heterocycles. The van der Waals surface area contributed by atoms with Crippen molar-refractivity contribution in [2.45, 2.75) is 30.8 Å². The summed E-state index contributed by atoms with van der Waals surface area (Å²) in [6.07, 6.45) is 1.69. The summed E-state index contributed by atoms with van der Waals surface area (Å²) in [6, 6.07) is 5.30. The normalized spacial score (nSPS) is 22.8. The molecule has 0 radical (unpaired) electrons. The lowest BCUT2D eigenvalue weighted by Crippen LogP contribution is -2.57. The van der Waals surface area contributed by atoms with E-state index in [1.807, 2.05) is 17.8 Å². The van der Waals surface area contributed by atoms with Gasteiger partial charge in [-0.15, -0.1) is 11.8 Å². The number of aromatic nitrogens is 1. The first kappa shape index (κ1) is 12.8. The summed E-state index contributed by atoms with van der Waals surface area (Å²) in [5, 5.41) is 8.95. The molecule has 0 saturated carbocycles. The van der Waals surface area contributed by atoms with Crippen molar-refractivity contribution in [1.82, 2.24) is 9.88 Å². The predicted molar refractivity (Wildman–Crippen MR) is 77.5 cm³/mol. The summed E-state index contributed by atoms with van der Waals surface area (Å²) in [5.74, 6) is 2.16. The molecule has 3 rings (SSSR count). The first-order valence-corrected chi connectivity index (χ1v) is 7.71. The molecule has 2 aliphatic heterocycles. The number of hydrogen-bond donors (Lipinski definition) is 0. The van der Waals surface area contributed by atoms with E-state index in [1.165, 1.54) is 0 Å². The highest BCUT2D eigenvalue weighted by atomic mass is 32.2. The first-order chi connectivity index (χ1) is 9.19. The van der Waals surface area contributed by atoms with Crippen LogP contribution in [-0.4, -0.2) is 47.4 Å². The summed E-state index contributed by atoms with van der Waals surface area (Å²) in [7, 11) is 0. The number of anilines is 1. The Bertz CT molecular complexity index is 523. The minimum Gasteiger partial charge on any atom is -0.349 e. The molecule has 0 aliphatic carbocycles. The Balaban J connectivity index is 1.85. The van der Waals surface area contributed by atoms with Crippen molar-refractivity contribution in [2.24, 2.45) is 0 Å². The minimum absolute atomic E-state index is 0.550. The van der Waals surface area contributed by atoms with Gasteiger partial charge < -0.3 is 4.90 Å². The van der Waals surface area contributed by atoms with Gasteiger partial charge >= 0.3 is 0 Å². The molecule has 4 nitrogen and oxygen atoms in total.